The van der Waals surface area contributed by atoms with E-state index in [-0.39, 0.29) is 11.7 Å². The summed E-state index contributed by atoms with van der Waals surface area (Å²) in [6.07, 6.45) is 6.32. The SMILES string of the molecule is CCCC(=S)c1cccc(-c2c(NC(CC)C(=O)OC)oc(C3C=Cc4ccccc43)c2O)c1. The average molecular weight is 476 g/mol. The Morgan fingerprint density at radius 2 is 2.00 bits per heavy atom. The van der Waals surface area contributed by atoms with Gasteiger partial charge in [0.05, 0.1) is 18.6 Å². The number of nitrogens with one attached hydrogen (secondary N) is 1. The molecule has 0 saturated heterocycles. The molecule has 0 radical (unpaired) electrons. The van der Waals surface area contributed by atoms with Crippen LogP contribution in [0.3, 0.4) is 0 Å². The van der Waals surface area contributed by atoms with E-state index in [9.17, 15) is 9.90 Å². The largest absolute Gasteiger partial charge is 0.504 e. The summed E-state index contributed by atoms with van der Waals surface area (Å²) in [6, 6.07) is 15.2. The van der Waals surface area contributed by atoms with Crippen LogP contribution in [0.15, 0.2) is 59.0 Å². The van der Waals surface area contributed by atoms with E-state index >= 15 is 0 Å². The number of ether oxygens (including phenoxy) is 1. The van der Waals surface area contributed by atoms with E-state index in [0.29, 0.717) is 23.6 Å². The number of hydrogen-bond acceptors (Lipinski definition) is 6. The third-order valence-electron chi connectivity index (χ3n) is 6.14. The molecule has 2 N–H and O–H groups in total. The molecule has 1 heterocycles. The first-order chi connectivity index (χ1) is 16.5. The quantitative estimate of drug-likeness (QED) is 0.204. The van der Waals surface area contributed by atoms with E-state index in [0.717, 1.165) is 40.0 Å². The van der Waals surface area contributed by atoms with Crippen molar-refractivity contribution in [1.82, 2.24) is 0 Å². The van der Waals surface area contributed by atoms with Crippen molar-refractivity contribution in [1.29, 1.82) is 0 Å². The van der Waals surface area contributed by atoms with Crippen LogP contribution in [0, 0.1) is 0 Å². The van der Waals surface area contributed by atoms with Crippen molar-refractivity contribution in [3.05, 3.63) is 77.1 Å². The minimum absolute atomic E-state index is 0.0483. The van der Waals surface area contributed by atoms with Crippen molar-refractivity contribution >= 4 is 35.0 Å². The van der Waals surface area contributed by atoms with Gasteiger partial charge in [0.2, 0.25) is 5.88 Å². The minimum Gasteiger partial charge on any atom is -0.504 e. The van der Waals surface area contributed by atoms with Gasteiger partial charge in [0.1, 0.15) is 6.04 Å². The maximum absolute atomic E-state index is 12.3. The van der Waals surface area contributed by atoms with Crippen LogP contribution in [-0.2, 0) is 9.53 Å². The zero-order valence-corrected chi connectivity index (χ0v) is 20.4. The molecule has 1 aliphatic carbocycles. The predicted octanol–water partition coefficient (Wildman–Crippen LogP) is 6.69. The lowest BCUT2D eigenvalue weighted by atomic mass is 9.95. The van der Waals surface area contributed by atoms with Crippen molar-refractivity contribution in [3.8, 4) is 16.9 Å². The molecule has 0 bridgehead atoms. The number of furan rings is 1. The van der Waals surface area contributed by atoms with Crippen LogP contribution < -0.4 is 5.32 Å². The number of allylic oxidation sites excluding steroid dienone is 1. The summed E-state index contributed by atoms with van der Waals surface area (Å²) in [5, 5.41) is 14.6. The van der Waals surface area contributed by atoms with Crippen LogP contribution in [0.25, 0.3) is 17.2 Å². The Morgan fingerprint density at radius 3 is 2.74 bits per heavy atom. The van der Waals surface area contributed by atoms with Gasteiger partial charge in [-0.15, -0.1) is 0 Å². The maximum atomic E-state index is 12.3. The molecular weight excluding hydrogens is 446 g/mol. The molecule has 3 aromatic rings. The molecule has 0 fully saturated rings. The molecule has 6 heteroatoms. The normalized spacial score (nSPS) is 15.1. The van der Waals surface area contributed by atoms with E-state index in [1.165, 1.54) is 7.11 Å². The monoisotopic (exact) mass is 475 g/mol. The fraction of sp³-hybridized carbons (Fsp3) is 0.286. The number of anilines is 1. The highest BCUT2D eigenvalue weighted by Crippen LogP contribution is 2.48. The van der Waals surface area contributed by atoms with Gasteiger partial charge in [-0.2, -0.15) is 0 Å². The number of carbonyl (C=O) groups is 1. The molecule has 1 aliphatic rings. The van der Waals surface area contributed by atoms with Gasteiger partial charge in [0.25, 0.3) is 0 Å². The molecule has 176 valence electrons. The van der Waals surface area contributed by atoms with Gasteiger partial charge in [-0.3, -0.25) is 0 Å². The number of benzene rings is 2. The van der Waals surface area contributed by atoms with Gasteiger partial charge in [0, 0.05) is 4.86 Å². The van der Waals surface area contributed by atoms with Crippen LogP contribution in [-0.4, -0.2) is 29.1 Å². The molecular formula is C28H29NO4S. The smallest absolute Gasteiger partial charge is 0.328 e. The molecule has 4 rings (SSSR count). The molecule has 2 unspecified atom stereocenters. The Labute approximate surface area is 205 Å². The Kier molecular flexibility index (Phi) is 7.17. The summed E-state index contributed by atoms with van der Waals surface area (Å²) in [5.74, 6) is 0.191. The third kappa shape index (κ3) is 4.50. The molecule has 0 aliphatic heterocycles. The van der Waals surface area contributed by atoms with Crippen molar-refractivity contribution in [2.45, 2.75) is 45.1 Å². The summed E-state index contributed by atoms with van der Waals surface area (Å²) < 4.78 is 11.2. The lowest BCUT2D eigenvalue weighted by Gasteiger charge is -2.15. The second kappa shape index (κ2) is 10.3. The zero-order valence-electron chi connectivity index (χ0n) is 19.6. The summed E-state index contributed by atoms with van der Waals surface area (Å²) in [6.45, 7) is 3.98. The first-order valence-electron chi connectivity index (χ1n) is 11.6. The van der Waals surface area contributed by atoms with E-state index in [1.54, 1.807) is 0 Å². The first-order valence-corrected chi connectivity index (χ1v) is 12.0. The number of esters is 1. The topological polar surface area (TPSA) is 71.7 Å². The van der Waals surface area contributed by atoms with Crippen LogP contribution in [0.2, 0.25) is 0 Å². The van der Waals surface area contributed by atoms with E-state index in [2.05, 4.69) is 12.2 Å². The molecule has 1 aromatic heterocycles. The Bertz CT molecular complexity index is 1240. The highest BCUT2D eigenvalue weighted by atomic mass is 32.1. The fourth-order valence-electron chi connectivity index (χ4n) is 4.35. The molecule has 0 amide bonds. The Hall–Kier alpha value is -3.38. The molecule has 0 spiro atoms. The van der Waals surface area contributed by atoms with E-state index in [4.69, 9.17) is 21.4 Å². The van der Waals surface area contributed by atoms with Crippen molar-refractivity contribution in [2.24, 2.45) is 0 Å². The Morgan fingerprint density at radius 1 is 1.21 bits per heavy atom. The second-order valence-electron chi connectivity index (χ2n) is 8.37. The van der Waals surface area contributed by atoms with Gasteiger partial charge < -0.3 is 19.6 Å². The number of fused-ring (bicyclic) bond motifs is 1. The van der Waals surface area contributed by atoms with Crippen molar-refractivity contribution in [3.63, 3.8) is 0 Å². The highest BCUT2D eigenvalue weighted by Gasteiger charge is 2.31. The van der Waals surface area contributed by atoms with Crippen LogP contribution in [0.1, 0.15) is 61.5 Å². The van der Waals surface area contributed by atoms with Crippen LogP contribution in [0.5, 0.6) is 5.75 Å². The number of rotatable bonds is 9. The summed E-state index contributed by atoms with van der Waals surface area (Å²) >= 11 is 5.60. The predicted molar refractivity (Wildman–Crippen MR) is 139 cm³/mol. The second-order valence-corrected chi connectivity index (χ2v) is 8.86. The Balaban J connectivity index is 1.83. The summed E-state index contributed by atoms with van der Waals surface area (Å²) in [4.78, 5) is 13.2. The number of hydrogen-bond donors (Lipinski definition) is 2. The van der Waals surface area contributed by atoms with Gasteiger partial charge >= 0.3 is 5.97 Å². The molecule has 2 aromatic carbocycles. The molecule has 0 saturated carbocycles. The van der Waals surface area contributed by atoms with Gasteiger partial charge in [-0.1, -0.05) is 87.1 Å². The maximum Gasteiger partial charge on any atom is 0.328 e. The molecule has 2 atom stereocenters. The highest BCUT2D eigenvalue weighted by molar-refractivity contribution is 7.80. The summed E-state index contributed by atoms with van der Waals surface area (Å²) in [5.41, 5.74) is 4.36. The third-order valence-corrected chi connectivity index (χ3v) is 6.58. The zero-order chi connectivity index (χ0) is 24.2. The van der Waals surface area contributed by atoms with E-state index in [1.807, 2.05) is 67.6 Å². The van der Waals surface area contributed by atoms with E-state index < -0.39 is 12.0 Å². The van der Waals surface area contributed by atoms with Crippen LogP contribution in [0.4, 0.5) is 5.88 Å². The number of thiocarbonyl (C=S) groups is 1. The summed E-state index contributed by atoms with van der Waals surface area (Å²) in [7, 11) is 1.36. The average Bonchev–Trinajstić information content (AvgIpc) is 3.42. The van der Waals surface area contributed by atoms with Gasteiger partial charge in [-0.05, 0) is 41.2 Å². The lowest BCUT2D eigenvalue weighted by Crippen LogP contribution is -2.29. The molecule has 5 nitrogen and oxygen atoms in total. The number of aromatic hydroxyl groups is 1. The number of methoxy groups -OCH3 is 1. The lowest BCUT2D eigenvalue weighted by molar-refractivity contribution is -0.141. The fourth-order valence-corrected chi connectivity index (χ4v) is 4.68. The van der Waals surface area contributed by atoms with Crippen molar-refractivity contribution in [2.75, 3.05) is 12.4 Å². The standard InChI is InChI=1S/C28H29NO4S/c1-4-9-23(34)18-11-8-12-19(16-18)24-25(30)26(21-15-14-17-10-6-7-13-20(17)21)33-27(24)29-22(5-2)28(31)32-3/h6-8,10-16,21-22,29-30H,4-5,9H2,1-3H3. The van der Waals surface area contributed by atoms with Gasteiger partial charge in [-0.25, -0.2) is 4.79 Å². The van der Waals surface area contributed by atoms with Gasteiger partial charge in [0.15, 0.2) is 11.5 Å². The van der Waals surface area contributed by atoms with Crippen molar-refractivity contribution < 1.29 is 19.1 Å². The number of carbonyl (C=O) groups excluding carboxylic acids is 1. The first kappa shape index (κ1) is 23.8. The van der Waals surface area contributed by atoms with Crippen LogP contribution >= 0.6 is 12.2 Å². The minimum atomic E-state index is -0.613. The molecule has 34 heavy (non-hydrogen) atoms.